The summed E-state index contributed by atoms with van der Waals surface area (Å²) in [5, 5.41) is 0.848. The molecule has 24 heavy (non-hydrogen) atoms. The predicted molar refractivity (Wildman–Crippen MR) is 95.9 cm³/mol. The zero-order chi connectivity index (χ0) is 17.1. The molecule has 4 nitrogen and oxygen atoms in total. The lowest BCUT2D eigenvalue weighted by atomic mass is 10.1. The Labute approximate surface area is 144 Å². The first-order valence-corrected chi connectivity index (χ1v) is 8.75. The van der Waals surface area contributed by atoms with E-state index in [0.717, 1.165) is 21.5 Å². The monoisotopic (exact) mass is 339 g/mol. The lowest BCUT2D eigenvalue weighted by Crippen LogP contribution is -2.15. The molecule has 3 aromatic rings. The molecule has 2 aromatic carbocycles. The van der Waals surface area contributed by atoms with Gasteiger partial charge in [0.05, 0.1) is 5.56 Å². The topological polar surface area (TPSA) is 59.2 Å². The molecule has 0 fully saturated rings. The second-order valence-corrected chi connectivity index (χ2v) is 6.22. The summed E-state index contributed by atoms with van der Waals surface area (Å²) < 4.78 is 5.24. The minimum absolute atomic E-state index is 0.208. The van der Waals surface area contributed by atoms with Crippen molar-refractivity contribution >= 4 is 34.4 Å². The third-order valence-electron chi connectivity index (χ3n) is 3.83. The van der Waals surface area contributed by atoms with E-state index >= 15 is 0 Å². The molecule has 0 unspecified atom stereocenters. The van der Waals surface area contributed by atoms with E-state index in [1.807, 2.05) is 49.6 Å². The molecule has 0 radical (unpaired) electrons. The molecule has 122 valence electrons. The Hall–Kier alpha value is -2.53. The van der Waals surface area contributed by atoms with Crippen LogP contribution in [0.25, 0.3) is 10.9 Å². The Morgan fingerprint density at radius 3 is 2.58 bits per heavy atom. The molecule has 0 aliphatic carbocycles. The maximum Gasteiger partial charge on any atom is 0.339 e. The molecular weight excluding hydrogens is 322 g/mol. The van der Waals surface area contributed by atoms with Gasteiger partial charge in [0.2, 0.25) is 5.78 Å². The number of hydrogen-bond acceptors (Lipinski definition) is 4. The van der Waals surface area contributed by atoms with Crippen LogP contribution in [0.2, 0.25) is 0 Å². The maximum absolute atomic E-state index is 12.5. The van der Waals surface area contributed by atoms with Crippen LogP contribution < -0.4 is 0 Å². The van der Waals surface area contributed by atoms with E-state index in [1.54, 1.807) is 12.1 Å². The van der Waals surface area contributed by atoms with Crippen molar-refractivity contribution in [3.63, 3.8) is 0 Å². The van der Waals surface area contributed by atoms with Gasteiger partial charge in [0.1, 0.15) is 0 Å². The molecule has 5 heteroatoms. The first-order chi connectivity index (χ1) is 11.6. The fourth-order valence-corrected chi connectivity index (χ4v) is 3.32. The predicted octanol–water partition coefficient (Wildman–Crippen LogP) is 4.24. The third kappa shape index (κ3) is 3.08. The van der Waals surface area contributed by atoms with Crippen LogP contribution in [-0.4, -0.2) is 29.6 Å². The van der Waals surface area contributed by atoms with Crippen LogP contribution in [0.15, 0.2) is 53.4 Å². The number of aromatic nitrogens is 1. The Balaban J connectivity index is 1.78. The van der Waals surface area contributed by atoms with Crippen molar-refractivity contribution in [2.24, 2.45) is 0 Å². The van der Waals surface area contributed by atoms with Gasteiger partial charge < -0.3 is 9.72 Å². The zero-order valence-electron chi connectivity index (χ0n) is 13.5. The summed E-state index contributed by atoms with van der Waals surface area (Å²) in [5.74, 6) is -0.689. The molecule has 0 amide bonds. The van der Waals surface area contributed by atoms with E-state index in [1.165, 1.54) is 11.8 Å². The van der Waals surface area contributed by atoms with Crippen molar-refractivity contribution in [1.82, 2.24) is 4.98 Å². The second-order valence-electron chi connectivity index (χ2n) is 5.37. The Morgan fingerprint density at radius 2 is 1.79 bits per heavy atom. The van der Waals surface area contributed by atoms with E-state index in [4.69, 9.17) is 4.74 Å². The number of H-pyrrole nitrogens is 1. The highest BCUT2D eigenvalue weighted by Gasteiger charge is 2.19. The summed E-state index contributed by atoms with van der Waals surface area (Å²) in [5.41, 5.74) is 2.74. The average Bonchev–Trinajstić information content (AvgIpc) is 2.95. The smallest absolute Gasteiger partial charge is 0.339 e. The van der Waals surface area contributed by atoms with Crippen LogP contribution in [0.4, 0.5) is 0 Å². The minimum Gasteiger partial charge on any atom is -0.454 e. The van der Waals surface area contributed by atoms with Crippen molar-refractivity contribution in [2.75, 3.05) is 12.9 Å². The van der Waals surface area contributed by atoms with Crippen molar-refractivity contribution in [1.29, 1.82) is 0 Å². The number of benzene rings is 2. The Bertz CT molecular complexity index is 914. The number of para-hydroxylation sites is 1. The summed E-state index contributed by atoms with van der Waals surface area (Å²) in [4.78, 5) is 28.8. The van der Waals surface area contributed by atoms with E-state index in [-0.39, 0.29) is 12.4 Å². The number of esters is 1. The Morgan fingerprint density at radius 1 is 1.08 bits per heavy atom. The first kappa shape index (κ1) is 16.3. The molecule has 0 bridgehead atoms. The van der Waals surface area contributed by atoms with E-state index in [0.29, 0.717) is 11.1 Å². The maximum atomic E-state index is 12.5. The highest BCUT2D eigenvalue weighted by molar-refractivity contribution is 7.98. The number of fused-ring (bicyclic) bond motifs is 1. The summed E-state index contributed by atoms with van der Waals surface area (Å²) in [6.07, 6.45) is 1.90. The van der Waals surface area contributed by atoms with Crippen LogP contribution in [0.5, 0.6) is 0 Å². The first-order valence-electron chi connectivity index (χ1n) is 7.52. The SMILES string of the molecule is CSc1ccccc1C(=O)OCC(=O)c1c(C)[nH]c2ccccc12. The van der Waals surface area contributed by atoms with Gasteiger partial charge in [-0.15, -0.1) is 11.8 Å². The molecular formula is C19H17NO3S. The number of carbonyl (C=O) groups excluding carboxylic acids is 2. The molecule has 0 saturated carbocycles. The number of aryl methyl sites for hydroxylation is 1. The Kier molecular flexibility index (Phi) is 4.71. The van der Waals surface area contributed by atoms with Gasteiger partial charge in [-0.05, 0) is 31.4 Å². The number of aromatic amines is 1. The molecule has 3 rings (SSSR count). The lowest BCUT2D eigenvalue weighted by molar-refractivity contribution is 0.0471. The van der Waals surface area contributed by atoms with E-state index in [2.05, 4.69) is 4.98 Å². The number of Topliss-reactive ketones (excluding diaryl/α,β-unsaturated/α-hetero) is 1. The third-order valence-corrected chi connectivity index (χ3v) is 4.63. The number of rotatable bonds is 5. The van der Waals surface area contributed by atoms with E-state index < -0.39 is 5.97 Å². The van der Waals surface area contributed by atoms with Crippen LogP contribution in [0.1, 0.15) is 26.4 Å². The van der Waals surface area contributed by atoms with Crippen LogP contribution in [-0.2, 0) is 4.74 Å². The number of ether oxygens (including phenoxy) is 1. The standard InChI is InChI=1S/C19H17NO3S/c1-12-18(13-7-3-5-9-15(13)20-12)16(21)11-23-19(22)14-8-4-6-10-17(14)24-2/h3-10,20H,11H2,1-2H3. The van der Waals surface area contributed by atoms with Gasteiger partial charge in [-0.1, -0.05) is 30.3 Å². The van der Waals surface area contributed by atoms with Crippen molar-refractivity contribution in [3.05, 3.63) is 65.4 Å². The normalized spacial score (nSPS) is 10.8. The van der Waals surface area contributed by atoms with Gasteiger partial charge in [0.25, 0.3) is 0 Å². The number of carbonyl (C=O) groups is 2. The second kappa shape index (κ2) is 6.93. The fraction of sp³-hybridized carbons (Fsp3) is 0.158. The lowest BCUT2D eigenvalue weighted by Gasteiger charge is -2.07. The summed E-state index contributed by atoms with van der Waals surface area (Å²) in [7, 11) is 0. The van der Waals surface area contributed by atoms with Gasteiger partial charge in [0.15, 0.2) is 6.61 Å². The molecule has 0 saturated heterocycles. The van der Waals surface area contributed by atoms with E-state index in [9.17, 15) is 9.59 Å². The quantitative estimate of drug-likeness (QED) is 0.429. The molecule has 1 heterocycles. The largest absolute Gasteiger partial charge is 0.454 e. The number of hydrogen-bond donors (Lipinski definition) is 1. The highest BCUT2D eigenvalue weighted by atomic mass is 32.2. The van der Waals surface area contributed by atoms with Crippen LogP contribution >= 0.6 is 11.8 Å². The number of nitrogens with one attached hydrogen (secondary N) is 1. The number of ketones is 1. The molecule has 0 aliphatic heterocycles. The van der Waals surface area contributed by atoms with Gasteiger partial charge in [-0.25, -0.2) is 4.79 Å². The fourth-order valence-electron chi connectivity index (χ4n) is 2.73. The van der Waals surface area contributed by atoms with Crippen LogP contribution in [0.3, 0.4) is 0 Å². The zero-order valence-corrected chi connectivity index (χ0v) is 14.3. The minimum atomic E-state index is -0.481. The molecule has 1 aromatic heterocycles. The molecule has 0 spiro atoms. The summed E-state index contributed by atoms with van der Waals surface area (Å²) in [6, 6.07) is 14.8. The van der Waals surface area contributed by atoms with Gasteiger partial charge in [-0.2, -0.15) is 0 Å². The average molecular weight is 339 g/mol. The van der Waals surface area contributed by atoms with Crippen molar-refractivity contribution in [2.45, 2.75) is 11.8 Å². The van der Waals surface area contributed by atoms with Crippen LogP contribution in [0, 0.1) is 6.92 Å². The van der Waals surface area contributed by atoms with Crippen molar-refractivity contribution < 1.29 is 14.3 Å². The summed E-state index contributed by atoms with van der Waals surface area (Å²) >= 11 is 1.47. The van der Waals surface area contributed by atoms with Gasteiger partial charge in [-0.3, -0.25) is 4.79 Å². The molecule has 1 N–H and O–H groups in total. The molecule has 0 aliphatic rings. The molecule has 0 atom stereocenters. The summed E-state index contributed by atoms with van der Waals surface area (Å²) in [6.45, 7) is 1.57. The highest BCUT2D eigenvalue weighted by Crippen LogP contribution is 2.23. The van der Waals surface area contributed by atoms with Gasteiger partial charge in [0, 0.05) is 27.1 Å². The van der Waals surface area contributed by atoms with Crippen molar-refractivity contribution in [3.8, 4) is 0 Å². The van der Waals surface area contributed by atoms with Gasteiger partial charge >= 0.3 is 5.97 Å². The number of thioether (sulfide) groups is 1.